The molecule has 0 unspecified atom stereocenters. The van der Waals surface area contributed by atoms with Gasteiger partial charge in [-0.3, -0.25) is 4.79 Å². The number of ketones is 1. The van der Waals surface area contributed by atoms with Gasteiger partial charge in [-0.25, -0.2) is 0 Å². The van der Waals surface area contributed by atoms with Crippen LogP contribution in [0.1, 0.15) is 40.4 Å². The lowest BCUT2D eigenvalue weighted by Crippen LogP contribution is -2.03. The Hall–Kier alpha value is -1.54. The Balaban J connectivity index is 2.30. The molecule has 0 spiro atoms. The van der Waals surface area contributed by atoms with Gasteiger partial charge in [0.15, 0.2) is 5.78 Å². The average Bonchev–Trinajstić information content (AvgIpc) is 2.40. The zero-order valence-electron chi connectivity index (χ0n) is 12.5. The van der Waals surface area contributed by atoms with E-state index in [4.69, 9.17) is 0 Å². The number of rotatable bonds is 4. The summed E-state index contributed by atoms with van der Waals surface area (Å²) < 4.78 is 0. The fourth-order valence-corrected chi connectivity index (χ4v) is 3.36. The second-order valence-corrected chi connectivity index (χ2v) is 6.27. The molecule has 0 radical (unpaired) electrons. The highest BCUT2D eigenvalue weighted by Crippen LogP contribution is 2.31. The number of hydrogen-bond acceptors (Lipinski definition) is 2. The van der Waals surface area contributed by atoms with Crippen molar-refractivity contribution < 1.29 is 4.79 Å². The molecule has 20 heavy (non-hydrogen) atoms. The van der Waals surface area contributed by atoms with Crippen LogP contribution in [-0.2, 0) is 0 Å². The van der Waals surface area contributed by atoms with E-state index in [0.29, 0.717) is 6.42 Å². The van der Waals surface area contributed by atoms with Crippen LogP contribution >= 0.6 is 11.8 Å². The molecule has 0 atom stereocenters. The SMILES string of the molecule is CCC(=O)c1c(C)cc(Sc2ccc(C)cc2)cc1C. The van der Waals surface area contributed by atoms with Crippen LogP contribution in [0.25, 0.3) is 0 Å². The summed E-state index contributed by atoms with van der Waals surface area (Å²) in [7, 11) is 0. The van der Waals surface area contributed by atoms with Crippen molar-refractivity contribution in [1.82, 2.24) is 0 Å². The zero-order chi connectivity index (χ0) is 14.7. The summed E-state index contributed by atoms with van der Waals surface area (Å²) in [5.41, 5.74) is 4.31. The van der Waals surface area contributed by atoms with Crippen LogP contribution in [0.5, 0.6) is 0 Å². The van der Waals surface area contributed by atoms with Crippen molar-refractivity contribution >= 4 is 17.5 Å². The van der Waals surface area contributed by atoms with Crippen LogP contribution in [0, 0.1) is 20.8 Å². The van der Waals surface area contributed by atoms with E-state index in [1.54, 1.807) is 11.8 Å². The Labute approximate surface area is 125 Å². The summed E-state index contributed by atoms with van der Waals surface area (Å²) in [5, 5.41) is 0. The zero-order valence-corrected chi connectivity index (χ0v) is 13.3. The van der Waals surface area contributed by atoms with Crippen LogP contribution in [0.4, 0.5) is 0 Å². The molecule has 2 heteroatoms. The standard InChI is InChI=1S/C18H20OS/c1-5-17(19)18-13(3)10-16(11-14(18)4)20-15-8-6-12(2)7-9-15/h6-11H,5H2,1-4H3. The van der Waals surface area contributed by atoms with Gasteiger partial charge in [-0.2, -0.15) is 0 Å². The molecule has 0 aliphatic carbocycles. The smallest absolute Gasteiger partial charge is 0.163 e. The molecule has 104 valence electrons. The molecule has 0 amide bonds. The first-order valence-corrected chi connectivity index (χ1v) is 7.72. The van der Waals surface area contributed by atoms with Gasteiger partial charge < -0.3 is 0 Å². The molecule has 0 aliphatic heterocycles. The van der Waals surface area contributed by atoms with Gasteiger partial charge in [-0.05, 0) is 56.2 Å². The number of benzene rings is 2. The number of aryl methyl sites for hydroxylation is 3. The lowest BCUT2D eigenvalue weighted by Gasteiger charge is -2.11. The largest absolute Gasteiger partial charge is 0.294 e. The van der Waals surface area contributed by atoms with Crippen molar-refractivity contribution in [3.8, 4) is 0 Å². The third-order valence-electron chi connectivity index (χ3n) is 3.36. The first-order valence-electron chi connectivity index (χ1n) is 6.90. The number of carbonyl (C=O) groups excluding carboxylic acids is 1. The van der Waals surface area contributed by atoms with Crippen LogP contribution in [0.15, 0.2) is 46.2 Å². The van der Waals surface area contributed by atoms with Gasteiger partial charge in [0.25, 0.3) is 0 Å². The highest BCUT2D eigenvalue weighted by Gasteiger charge is 2.12. The molecule has 0 fully saturated rings. The van der Waals surface area contributed by atoms with E-state index in [9.17, 15) is 4.79 Å². The Morgan fingerprint density at radius 2 is 1.50 bits per heavy atom. The van der Waals surface area contributed by atoms with Gasteiger partial charge in [0.2, 0.25) is 0 Å². The van der Waals surface area contributed by atoms with E-state index in [2.05, 4.69) is 43.3 Å². The van der Waals surface area contributed by atoms with Gasteiger partial charge in [-0.15, -0.1) is 0 Å². The molecule has 2 aromatic rings. The monoisotopic (exact) mass is 284 g/mol. The fourth-order valence-electron chi connectivity index (χ4n) is 2.34. The molecule has 0 saturated carbocycles. The molecular weight excluding hydrogens is 264 g/mol. The Kier molecular flexibility index (Phi) is 4.66. The minimum Gasteiger partial charge on any atom is -0.294 e. The molecular formula is C18H20OS. The maximum atomic E-state index is 12.0. The summed E-state index contributed by atoms with van der Waals surface area (Å²) in [4.78, 5) is 14.4. The maximum absolute atomic E-state index is 12.0. The van der Waals surface area contributed by atoms with Gasteiger partial charge in [0.05, 0.1) is 0 Å². The molecule has 0 heterocycles. The number of Topliss-reactive ketones (excluding diaryl/α,β-unsaturated/α-hetero) is 1. The van der Waals surface area contributed by atoms with Gasteiger partial charge >= 0.3 is 0 Å². The number of hydrogen-bond donors (Lipinski definition) is 0. The van der Waals surface area contributed by atoms with E-state index < -0.39 is 0 Å². The predicted molar refractivity (Wildman–Crippen MR) is 85.8 cm³/mol. The van der Waals surface area contributed by atoms with E-state index in [0.717, 1.165) is 16.7 Å². The van der Waals surface area contributed by atoms with Crippen molar-refractivity contribution in [3.63, 3.8) is 0 Å². The molecule has 0 N–H and O–H groups in total. The van der Waals surface area contributed by atoms with Gasteiger partial charge in [0, 0.05) is 21.8 Å². The van der Waals surface area contributed by atoms with Crippen molar-refractivity contribution in [2.75, 3.05) is 0 Å². The average molecular weight is 284 g/mol. The van der Waals surface area contributed by atoms with Crippen molar-refractivity contribution in [2.45, 2.75) is 43.9 Å². The summed E-state index contributed by atoms with van der Waals surface area (Å²) in [6.07, 6.45) is 0.562. The lowest BCUT2D eigenvalue weighted by molar-refractivity contribution is 0.0987. The second kappa shape index (κ2) is 6.27. The van der Waals surface area contributed by atoms with E-state index >= 15 is 0 Å². The summed E-state index contributed by atoms with van der Waals surface area (Å²) in [5.74, 6) is 0.229. The van der Waals surface area contributed by atoms with E-state index in [1.807, 2.05) is 20.8 Å². The maximum Gasteiger partial charge on any atom is 0.163 e. The van der Waals surface area contributed by atoms with Crippen LogP contribution in [0.2, 0.25) is 0 Å². The normalized spacial score (nSPS) is 10.6. The van der Waals surface area contributed by atoms with Crippen LogP contribution in [0.3, 0.4) is 0 Å². The number of carbonyl (C=O) groups is 1. The van der Waals surface area contributed by atoms with Gasteiger partial charge in [0.1, 0.15) is 0 Å². The Morgan fingerprint density at radius 3 is 2.00 bits per heavy atom. The molecule has 0 aliphatic rings. The first kappa shape index (κ1) is 14.9. The first-order chi connectivity index (χ1) is 9.51. The van der Waals surface area contributed by atoms with Gasteiger partial charge in [-0.1, -0.05) is 36.4 Å². The van der Waals surface area contributed by atoms with Crippen LogP contribution < -0.4 is 0 Å². The topological polar surface area (TPSA) is 17.1 Å². The predicted octanol–water partition coefficient (Wildman–Crippen LogP) is 5.36. The Bertz CT molecular complexity index is 603. The van der Waals surface area contributed by atoms with Crippen molar-refractivity contribution in [1.29, 1.82) is 0 Å². The molecule has 0 saturated heterocycles. The lowest BCUT2D eigenvalue weighted by atomic mass is 9.98. The molecule has 0 aromatic heterocycles. The molecule has 1 nitrogen and oxygen atoms in total. The van der Waals surface area contributed by atoms with E-state index in [-0.39, 0.29) is 5.78 Å². The third-order valence-corrected chi connectivity index (χ3v) is 4.34. The summed E-state index contributed by atoms with van der Waals surface area (Å²) in [6.45, 7) is 8.05. The van der Waals surface area contributed by atoms with Crippen molar-refractivity contribution in [3.05, 3.63) is 58.7 Å². The third kappa shape index (κ3) is 3.31. The van der Waals surface area contributed by atoms with Crippen molar-refractivity contribution in [2.24, 2.45) is 0 Å². The summed E-state index contributed by atoms with van der Waals surface area (Å²) >= 11 is 1.74. The fraction of sp³-hybridized carbons (Fsp3) is 0.278. The molecule has 0 bridgehead atoms. The summed E-state index contributed by atoms with van der Waals surface area (Å²) in [6, 6.07) is 12.7. The highest BCUT2D eigenvalue weighted by atomic mass is 32.2. The molecule has 2 rings (SSSR count). The quantitative estimate of drug-likeness (QED) is 0.703. The minimum absolute atomic E-state index is 0.229. The highest BCUT2D eigenvalue weighted by molar-refractivity contribution is 7.99. The molecule has 2 aromatic carbocycles. The van der Waals surface area contributed by atoms with Crippen LogP contribution in [-0.4, -0.2) is 5.78 Å². The van der Waals surface area contributed by atoms with E-state index in [1.165, 1.54) is 15.4 Å². The Morgan fingerprint density at radius 1 is 0.950 bits per heavy atom. The minimum atomic E-state index is 0.229. The second-order valence-electron chi connectivity index (χ2n) is 5.12.